The number of anilines is 1. The van der Waals surface area contributed by atoms with Gasteiger partial charge in [0.05, 0.1) is 42.4 Å². The van der Waals surface area contributed by atoms with Crippen molar-refractivity contribution in [2.24, 2.45) is 11.7 Å². The minimum atomic E-state index is -0.567. The number of imidazole rings is 1. The summed E-state index contributed by atoms with van der Waals surface area (Å²) in [5, 5.41) is 3.79. The fourth-order valence-corrected chi connectivity index (χ4v) is 3.64. The fourth-order valence-electron chi connectivity index (χ4n) is 3.64. The van der Waals surface area contributed by atoms with Gasteiger partial charge in [-0.1, -0.05) is 39.0 Å². The molecule has 0 bridgehead atoms. The molecule has 5 N–H and O–H groups in total. The van der Waals surface area contributed by atoms with E-state index in [1.54, 1.807) is 0 Å². The summed E-state index contributed by atoms with van der Waals surface area (Å²) in [6.07, 6.45) is 0.857. The van der Waals surface area contributed by atoms with Crippen molar-refractivity contribution in [1.82, 2.24) is 19.9 Å². The summed E-state index contributed by atoms with van der Waals surface area (Å²) in [5.41, 5.74) is 13.9. The first-order chi connectivity index (χ1) is 15.6. The number of ether oxygens (including phenoxy) is 2. The van der Waals surface area contributed by atoms with Crippen LogP contribution in [-0.2, 0) is 16.1 Å². The van der Waals surface area contributed by atoms with E-state index >= 15 is 0 Å². The molecule has 0 spiro atoms. The summed E-state index contributed by atoms with van der Waals surface area (Å²) >= 11 is 0. The van der Waals surface area contributed by atoms with Gasteiger partial charge in [-0.05, 0) is 32.3 Å². The standard InChI is InChI=1S/C24H36N6O3/c1-6-12-32-23-29-19-20(16-9-7-8-10-17(16)28-21(19)26)30(23)14-24(4,5)33-13-11-27-22(31)18(25)15(2)3/h7-10,15,18H,6,11-14,25H2,1-5H3,(H2,26,28)(H,27,31). The predicted octanol–water partition coefficient (Wildman–Crippen LogP) is 2.85. The number of aromatic nitrogens is 3. The van der Waals surface area contributed by atoms with Crippen LogP contribution in [0.3, 0.4) is 0 Å². The Kier molecular flexibility index (Phi) is 7.76. The average molecular weight is 457 g/mol. The third-order valence-corrected chi connectivity index (χ3v) is 5.46. The van der Waals surface area contributed by atoms with Gasteiger partial charge in [-0.15, -0.1) is 0 Å². The van der Waals surface area contributed by atoms with E-state index < -0.39 is 11.6 Å². The summed E-state index contributed by atoms with van der Waals surface area (Å²) < 4.78 is 14.1. The Balaban J connectivity index is 1.83. The molecule has 3 aromatic rings. The average Bonchev–Trinajstić information content (AvgIpc) is 3.13. The van der Waals surface area contributed by atoms with Crippen molar-refractivity contribution < 1.29 is 14.3 Å². The van der Waals surface area contributed by atoms with Crippen LogP contribution in [0.1, 0.15) is 41.0 Å². The maximum Gasteiger partial charge on any atom is 0.297 e. The first-order valence-corrected chi connectivity index (χ1v) is 11.5. The van der Waals surface area contributed by atoms with Crippen LogP contribution >= 0.6 is 0 Å². The van der Waals surface area contributed by atoms with E-state index in [0.717, 1.165) is 22.8 Å². The van der Waals surface area contributed by atoms with Crippen LogP contribution in [0.5, 0.6) is 6.01 Å². The van der Waals surface area contributed by atoms with Gasteiger partial charge in [-0.25, -0.2) is 4.98 Å². The number of nitrogens with two attached hydrogens (primary N) is 2. The van der Waals surface area contributed by atoms with Crippen molar-refractivity contribution in [2.45, 2.75) is 59.2 Å². The summed E-state index contributed by atoms with van der Waals surface area (Å²) in [4.78, 5) is 21.2. The number of carbonyl (C=O) groups is 1. The van der Waals surface area contributed by atoms with Crippen LogP contribution in [0.2, 0.25) is 0 Å². The van der Waals surface area contributed by atoms with Gasteiger partial charge in [0.15, 0.2) is 5.82 Å². The molecule has 2 aromatic heterocycles. The maximum atomic E-state index is 12.1. The number of benzene rings is 1. The Morgan fingerprint density at radius 2 is 1.94 bits per heavy atom. The zero-order chi connectivity index (χ0) is 24.2. The predicted molar refractivity (Wildman–Crippen MR) is 131 cm³/mol. The minimum Gasteiger partial charge on any atom is -0.465 e. The van der Waals surface area contributed by atoms with Crippen molar-refractivity contribution in [3.8, 4) is 6.01 Å². The second-order valence-corrected chi connectivity index (χ2v) is 9.21. The van der Waals surface area contributed by atoms with Crippen LogP contribution < -0.4 is 21.5 Å². The van der Waals surface area contributed by atoms with Crippen molar-refractivity contribution in [3.05, 3.63) is 24.3 Å². The Bertz CT molecular complexity index is 1110. The third kappa shape index (κ3) is 5.72. The van der Waals surface area contributed by atoms with Crippen LogP contribution in [-0.4, -0.2) is 51.8 Å². The number of nitrogen functional groups attached to an aromatic ring is 1. The highest BCUT2D eigenvalue weighted by atomic mass is 16.5. The van der Waals surface area contributed by atoms with Crippen molar-refractivity contribution in [2.75, 3.05) is 25.5 Å². The highest BCUT2D eigenvalue weighted by Gasteiger charge is 2.26. The van der Waals surface area contributed by atoms with Gasteiger partial charge in [-0.2, -0.15) is 4.98 Å². The second-order valence-electron chi connectivity index (χ2n) is 9.21. The summed E-state index contributed by atoms with van der Waals surface area (Å²) in [6.45, 7) is 11.6. The molecular weight excluding hydrogens is 420 g/mol. The van der Waals surface area contributed by atoms with E-state index in [1.165, 1.54) is 0 Å². The number of amides is 1. The molecule has 0 fully saturated rings. The number of hydrogen-bond donors (Lipinski definition) is 3. The summed E-state index contributed by atoms with van der Waals surface area (Å²) in [6, 6.07) is 7.80. The zero-order valence-corrected chi connectivity index (χ0v) is 20.2. The SMILES string of the molecule is CCCOc1nc2c(N)nc3ccccc3c2n1CC(C)(C)OCCNC(=O)C(N)C(C)C. The lowest BCUT2D eigenvalue weighted by Gasteiger charge is -2.27. The van der Waals surface area contributed by atoms with Crippen LogP contribution in [0.15, 0.2) is 24.3 Å². The molecule has 1 aromatic carbocycles. The monoisotopic (exact) mass is 456 g/mol. The van der Waals surface area contributed by atoms with E-state index in [2.05, 4.69) is 15.3 Å². The quantitative estimate of drug-likeness (QED) is 0.378. The molecule has 1 amide bonds. The lowest BCUT2D eigenvalue weighted by molar-refractivity contribution is -0.123. The number of pyridine rings is 1. The fraction of sp³-hybridized carbons (Fsp3) is 0.542. The van der Waals surface area contributed by atoms with Gasteiger partial charge >= 0.3 is 0 Å². The number of carbonyl (C=O) groups excluding carboxylic acids is 1. The largest absolute Gasteiger partial charge is 0.465 e. The topological polar surface area (TPSA) is 130 Å². The van der Waals surface area contributed by atoms with Gasteiger partial charge < -0.3 is 26.3 Å². The number of rotatable bonds is 11. The van der Waals surface area contributed by atoms with Crippen molar-refractivity contribution in [1.29, 1.82) is 0 Å². The molecule has 0 saturated carbocycles. The summed E-state index contributed by atoms with van der Waals surface area (Å²) in [7, 11) is 0. The Hall–Kier alpha value is -2.91. The highest BCUT2D eigenvalue weighted by Crippen LogP contribution is 2.33. The number of fused-ring (bicyclic) bond motifs is 3. The van der Waals surface area contributed by atoms with Crippen LogP contribution in [0, 0.1) is 5.92 Å². The van der Waals surface area contributed by atoms with Crippen molar-refractivity contribution >= 4 is 33.7 Å². The van der Waals surface area contributed by atoms with Gasteiger partial charge in [0.2, 0.25) is 5.91 Å². The molecule has 9 nitrogen and oxygen atoms in total. The molecule has 0 aliphatic heterocycles. The number of para-hydroxylation sites is 1. The van der Waals surface area contributed by atoms with Crippen molar-refractivity contribution in [3.63, 3.8) is 0 Å². The molecule has 0 aliphatic carbocycles. The second kappa shape index (κ2) is 10.4. The molecule has 9 heteroatoms. The molecule has 1 atom stereocenters. The maximum absolute atomic E-state index is 12.1. The Morgan fingerprint density at radius 3 is 2.64 bits per heavy atom. The lowest BCUT2D eigenvalue weighted by atomic mass is 10.1. The number of nitrogens with one attached hydrogen (secondary N) is 1. The lowest BCUT2D eigenvalue weighted by Crippen LogP contribution is -2.45. The normalized spacial score (nSPS) is 13.1. The van der Waals surface area contributed by atoms with E-state index in [9.17, 15) is 4.79 Å². The molecule has 1 unspecified atom stereocenters. The van der Waals surface area contributed by atoms with Gasteiger partial charge in [-0.3, -0.25) is 9.36 Å². The smallest absolute Gasteiger partial charge is 0.297 e. The molecule has 0 radical (unpaired) electrons. The molecule has 0 aliphatic rings. The van der Waals surface area contributed by atoms with E-state index in [4.69, 9.17) is 20.9 Å². The first-order valence-electron chi connectivity index (χ1n) is 11.5. The minimum absolute atomic E-state index is 0.0789. The van der Waals surface area contributed by atoms with E-state index in [-0.39, 0.29) is 11.8 Å². The highest BCUT2D eigenvalue weighted by molar-refractivity contribution is 6.06. The Morgan fingerprint density at radius 1 is 1.21 bits per heavy atom. The third-order valence-electron chi connectivity index (χ3n) is 5.46. The van der Waals surface area contributed by atoms with Gasteiger partial charge in [0, 0.05) is 11.9 Å². The summed E-state index contributed by atoms with van der Waals surface area (Å²) in [5.74, 6) is 0.276. The molecule has 2 heterocycles. The number of hydrogen-bond acceptors (Lipinski definition) is 7. The molecule has 3 rings (SSSR count). The zero-order valence-electron chi connectivity index (χ0n) is 20.2. The molecule has 33 heavy (non-hydrogen) atoms. The molecule has 0 saturated heterocycles. The van der Waals surface area contributed by atoms with Crippen LogP contribution in [0.25, 0.3) is 21.9 Å². The Labute approximate surface area is 194 Å². The van der Waals surface area contributed by atoms with E-state index in [0.29, 0.717) is 43.6 Å². The van der Waals surface area contributed by atoms with Crippen LogP contribution in [0.4, 0.5) is 5.82 Å². The van der Waals surface area contributed by atoms with Gasteiger partial charge in [0.25, 0.3) is 6.01 Å². The first kappa shape index (κ1) is 24.7. The molecule has 180 valence electrons. The molecular formula is C24H36N6O3. The van der Waals surface area contributed by atoms with E-state index in [1.807, 2.05) is 63.5 Å². The number of nitrogens with zero attached hydrogens (tertiary/aromatic N) is 3. The van der Waals surface area contributed by atoms with Gasteiger partial charge in [0.1, 0.15) is 5.52 Å².